The highest BCUT2D eigenvalue weighted by Crippen LogP contribution is 2.36. The van der Waals surface area contributed by atoms with Crippen molar-refractivity contribution in [3.05, 3.63) is 47.0 Å². The fourth-order valence-corrected chi connectivity index (χ4v) is 3.21. The molecule has 0 radical (unpaired) electrons. The lowest BCUT2D eigenvalue weighted by molar-refractivity contribution is -0.130. The number of benzene rings is 1. The van der Waals surface area contributed by atoms with E-state index in [1.54, 1.807) is 6.92 Å². The Bertz CT molecular complexity index is 879. The summed E-state index contributed by atoms with van der Waals surface area (Å²) in [4.78, 5) is 20.5. The summed E-state index contributed by atoms with van der Waals surface area (Å²) >= 11 is 1.33. The number of carboxylic acid groups (broad SMARTS) is 1. The molecule has 144 valence electrons. The van der Waals surface area contributed by atoms with Gasteiger partial charge in [-0.3, -0.25) is 0 Å². The molecule has 0 aliphatic carbocycles. The van der Waals surface area contributed by atoms with Gasteiger partial charge < -0.3 is 14.6 Å². The van der Waals surface area contributed by atoms with Crippen molar-refractivity contribution < 1.29 is 19.4 Å². The first-order valence-electron chi connectivity index (χ1n) is 8.45. The average Bonchev–Trinajstić information content (AvgIpc) is 2.59. The molecule has 0 amide bonds. The highest BCUT2D eigenvalue weighted by Gasteiger charge is 2.24. The molecule has 0 bridgehead atoms. The van der Waals surface area contributed by atoms with Crippen molar-refractivity contribution in [3.8, 4) is 11.6 Å². The van der Waals surface area contributed by atoms with Gasteiger partial charge in [0, 0.05) is 0 Å². The quantitative estimate of drug-likeness (QED) is 0.316. The SMILES string of the molecule is CO/C=C(/C(=O)O)c1c(Oc2cc(C)cc(C(C)C)c2)nc(C)nc1SC. The highest BCUT2D eigenvalue weighted by atomic mass is 32.2. The van der Waals surface area contributed by atoms with E-state index in [9.17, 15) is 9.90 Å². The molecular formula is C20H24N2O4S. The fraction of sp³-hybridized carbons (Fsp3) is 0.350. The summed E-state index contributed by atoms with van der Waals surface area (Å²) in [5.74, 6) is 0.488. The van der Waals surface area contributed by atoms with Crippen LogP contribution in [0.1, 0.15) is 42.3 Å². The average molecular weight is 388 g/mol. The first-order chi connectivity index (χ1) is 12.8. The molecule has 2 aromatic rings. The Balaban J connectivity index is 2.65. The van der Waals surface area contributed by atoms with Gasteiger partial charge in [0.25, 0.3) is 0 Å². The van der Waals surface area contributed by atoms with Gasteiger partial charge in [-0.1, -0.05) is 19.9 Å². The topological polar surface area (TPSA) is 81.5 Å². The first-order valence-corrected chi connectivity index (χ1v) is 9.68. The lowest BCUT2D eigenvalue weighted by atomic mass is 10.0. The normalized spacial score (nSPS) is 11.6. The predicted molar refractivity (Wildman–Crippen MR) is 107 cm³/mol. The minimum absolute atomic E-state index is 0.0615. The molecule has 0 unspecified atom stereocenters. The minimum atomic E-state index is -1.14. The van der Waals surface area contributed by atoms with Gasteiger partial charge in [-0.25, -0.2) is 9.78 Å². The Morgan fingerprint density at radius 1 is 1.22 bits per heavy atom. The lowest BCUT2D eigenvalue weighted by Gasteiger charge is -2.16. The molecular weight excluding hydrogens is 364 g/mol. The van der Waals surface area contributed by atoms with Gasteiger partial charge in [-0.15, -0.1) is 11.8 Å². The van der Waals surface area contributed by atoms with Gasteiger partial charge in [0.15, 0.2) is 0 Å². The van der Waals surface area contributed by atoms with Crippen molar-refractivity contribution >= 4 is 23.3 Å². The van der Waals surface area contributed by atoms with E-state index < -0.39 is 5.97 Å². The van der Waals surface area contributed by atoms with Crippen molar-refractivity contribution in [2.45, 2.75) is 38.6 Å². The van der Waals surface area contributed by atoms with Crippen LogP contribution >= 0.6 is 11.8 Å². The maximum atomic E-state index is 11.8. The molecule has 6 nitrogen and oxygen atoms in total. The Hall–Kier alpha value is -2.54. The zero-order chi connectivity index (χ0) is 20.1. The van der Waals surface area contributed by atoms with Crippen LogP contribution in [0.2, 0.25) is 0 Å². The zero-order valence-corrected chi connectivity index (χ0v) is 17.2. The summed E-state index contributed by atoms with van der Waals surface area (Å²) in [5, 5.41) is 10.1. The summed E-state index contributed by atoms with van der Waals surface area (Å²) in [6.45, 7) is 7.95. The van der Waals surface area contributed by atoms with Gasteiger partial charge in [-0.05, 0) is 49.3 Å². The van der Waals surface area contributed by atoms with E-state index in [2.05, 4.69) is 29.9 Å². The number of aryl methyl sites for hydroxylation is 2. The molecule has 1 heterocycles. The highest BCUT2D eigenvalue weighted by molar-refractivity contribution is 7.98. The first kappa shape index (κ1) is 20.8. The summed E-state index contributed by atoms with van der Waals surface area (Å²) in [7, 11) is 1.40. The Morgan fingerprint density at radius 2 is 1.93 bits per heavy atom. The number of aliphatic carboxylic acids is 1. The van der Waals surface area contributed by atoms with E-state index in [-0.39, 0.29) is 11.5 Å². The molecule has 27 heavy (non-hydrogen) atoms. The second-order valence-corrected chi connectivity index (χ2v) is 7.16. The zero-order valence-electron chi connectivity index (χ0n) is 16.4. The smallest absolute Gasteiger partial charge is 0.339 e. The van der Waals surface area contributed by atoms with E-state index in [0.29, 0.717) is 28.1 Å². The third-order valence-electron chi connectivity index (χ3n) is 3.84. The van der Waals surface area contributed by atoms with Crippen molar-refractivity contribution in [2.24, 2.45) is 0 Å². The van der Waals surface area contributed by atoms with Crippen LogP contribution in [0.5, 0.6) is 11.6 Å². The maximum Gasteiger partial charge on any atom is 0.339 e. The molecule has 1 aromatic carbocycles. The van der Waals surface area contributed by atoms with Gasteiger partial charge in [-0.2, -0.15) is 4.98 Å². The van der Waals surface area contributed by atoms with Crippen molar-refractivity contribution in [1.82, 2.24) is 9.97 Å². The molecule has 0 saturated carbocycles. The van der Waals surface area contributed by atoms with Crippen LogP contribution in [0.15, 0.2) is 29.5 Å². The molecule has 1 aromatic heterocycles. The monoisotopic (exact) mass is 388 g/mol. The maximum absolute atomic E-state index is 11.8. The van der Waals surface area contributed by atoms with E-state index in [4.69, 9.17) is 9.47 Å². The van der Waals surface area contributed by atoms with E-state index in [1.807, 2.05) is 25.3 Å². The summed E-state index contributed by atoms with van der Waals surface area (Å²) in [6, 6.07) is 5.94. The fourth-order valence-electron chi connectivity index (χ4n) is 2.59. The number of methoxy groups -OCH3 is 1. The van der Waals surface area contributed by atoms with Gasteiger partial charge in [0.05, 0.1) is 18.9 Å². The number of thioether (sulfide) groups is 1. The number of hydrogen-bond donors (Lipinski definition) is 1. The Labute approximate surface area is 163 Å². The van der Waals surface area contributed by atoms with Gasteiger partial charge in [0.1, 0.15) is 22.2 Å². The molecule has 0 aliphatic heterocycles. The number of ether oxygens (including phenoxy) is 2. The molecule has 2 rings (SSSR count). The van der Waals surface area contributed by atoms with Gasteiger partial charge in [0.2, 0.25) is 5.88 Å². The van der Waals surface area contributed by atoms with Crippen LogP contribution in [-0.4, -0.2) is 34.4 Å². The van der Waals surface area contributed by atoms with E-state index in [0.717, 1.165) is 11.1 Å². The molecule has 0 spiro atoms. The number of aromatic nitrogens is 2. The second kappa shape index (κ2) is 8.90. The van der Waals surface area contributed by atoms with Crippen molar-refractivity contribution in [3.63, 3.8) is 0 Å². The molecule has 7 heteroatoms. The van der Waals surface area contributed by atoms with Crippen LogP contribution in [-0.2, 0) is 9.53 Å². The molecule has 1 N–H and O–H groups in total. The molecule has 0 fully saturated rings. The van der Waals surface area contributed by atoms with Crippen LogP contribution in [0, 0.1) is 13.8 Å². The summed E-state index contributed by atoms with van der Waals surface area (Å²) in [6.07, 6.45) is 2.99. The van der Waals surface area contributed by atoms with E-state index >= 15 is 0 Å². The molecule has 0 aliphatic rings. The van der Waals surface area contributed by atoms with Crippen molar-refractivity contribution in [1.29, 1.82) is 0 Å². The number of nitrogens with zero attached hydrogens (tertiary/aromatic N) is 2. The Morgan fingerprint density at radius 3 is 2.48 bits per heavy atom. The molecule has 0 saturated heterocycles. The minimum Gasteiger partial charge on any atom is -0.503 e. The number of carbonyl (C=O) groups is 1. The number of hydrogen-bond acceptors (Lipinski definition) is 6. The van der Waals surface area contributed by atoms with Gasteiger partial charge >= 0.3 is 5.97 Å². The van der Waals surface area contributed by atoms with Crippen LogP contribution in [0.25, 0.3) is 5.57 Å². The Kier molecular flexibility index (Phi) is 6.85. The predicted octanol–water partition coefficient (Wildman–Crippen LogP) is 4.80. The second-order valence-electron chi connectivity index (χ2n) is 6.37. The largest absolute Gasteiger partial charge is 0.503 e. The number of carboxylic acids is 1. The van der Waals surface area contributed by atoms with Crippen molar-refractivity contribution in [2.75, 3.05) is 13.4 Å². The van der Waals surface area contributed by atoms with Crippen LogP contribution in [0.4, 0.5) is 0 Å². The van der Waals surface area contributed by atoms with E-state index in [1.165, 1.54) is 25.1 Å². The van der Waals surface area contributed by atoms with Crippen LogP contribution in [0.3, 0.4) is 0 Å². The molecule has 0 atom stereocenters. The lowest BCUT2D eigenvalue weighted by Crippen LogP contribution is -2.08. The third-order valence-corrected chi connectivity index (χ3v) is 4.52. The summed E-state index contributed by atoms with van der Waals surface area (Å²) in [5.41, 5.74) is 2.43. The third kappa shape index (κ3) is 5.01. The van der Waals surface area contributed by atoms with Crippen LogP contribution < -0.4 is 4.74 Å². The number of rotatable bonds is 7. The standard InChI is InChI=1S/C20H24N2O4S/c1-11(2)14-7-12(3)8-15(9-14)26-18-17(16(10-25-5)20(23)24)19(27-6)22-13(4)21-18/h7-11H,1-6H3,(H,23,24)/b16-10+. The summed E-state index contributed by atoms with van der Waals surface area (Å²) < 4.78 is 11.0.